The number of hydrogen-bond acceptors (Lipinski definition) is 2. The molecule has 2 fully saturated rings. The van der Waals surface area contributed by atoms with Crippen LogP contribution in [0.4, 0.5) is 8.78 Å². The molecule has 1 aliphatic heterocycles. The van der Waals surface area contributed by atoms with Gasteiger partial charge in [-0.3, -0.25) is 4.90 Å². The van der Waals surface area contributed by atoms with Gasteiger partial charge < -0.3 is 5.73 Å². The Hall–Kier alpha value is -1.00. The lowest BCUT2D eigenvalue weighted by Gasteiger charge is -2.27. The van der Waals surface area contributed by atoms with E-state index in [-0.39, 0.29) is 12.1 Å². The van der Waals surface area contributed by atoms with Crippen molar-refractivity contribution in [2.75, 3.05) is 6.54 Å². The van der Waals surface area contributed by atoms with Gasteiger partial charge in [0, 0.05) is 24.2 Å². The molecule has 1 saturated heterocycles. The smallest absolute Gasteiger partial charge is 0.163 e. The second-order valence-electron chi connectivity index (χ2n) is 5.01. The Bertz CT molecular complexity index is 431. The van der Waals surface area contributed by atoms with Gasteiger partial charge in [-0.05, 0) is 25.3 Å². The van der Waals surface area contributed by atoms with Gasteiger partial charge in [-0.15, -0.1) is 0 Å². The van der Waals surface area contributed by atoms with Gasteiger partial charge >= 0.3 is 0 Å². The highest BCUT2D eigenvalue weighted by atomic mass is 19.2. The molecule has 2 N–H and O–H groups in total. The van der Waals surface area contributed by atoms with Crippen LogP contribution in [-0.2, 0) is 0 Å². The van der Waals surface area contributed by atoms with Gasteiger partial charge in [0.15, 0.2) is 11.6 Å². The van der Waals surface area contributed by atoms with E-state index in [2.05, 4.69) is 4.90 Å². The summed E-state index contributed by atoms with van der Waals surface area (Å²) in [5.41, 5.74) is 6.47. The van der Waals surface area contributed by atoms with Crippen LogP contribution in [0.25, 0.3) is 0 Å². The number of nitrogens with two attached hydrogens (primary N) is 1. The minimum absolute atomic E-state index is 0.0908. The van der Waals surface area contributed by atoms with Crippen molar-refractivity contribution in [2.24, 2.45) is 5.73 Å². The summed E-state index contributed by atoms with van der Waals surface area (Å²) in [5.74, 6) is -1.52. The average Bonchev–Trinajstić information content (AvgIpc) is 3.08. The molecule has 2 unspecified atom stereocenters. The van der Waals surface area contributed by atoms with E-state index in [1.165, 1.54) is 0 Å². The van der Waals surface area contributed by atoms with E-state index >= 15 is 0 Å². The highest BCUT2D eigenvalue weighted by Gasteiger charge is 2.42. The van der Waals surface area contributed by atoms with Crippen LogP contribution in [0, 0.1) is 11.6 Å². The zero-order chi connectivity index (χ0) is 12.0. The third kappa shape index (κ3) is 1.85. The number of likely N-dealkylation sites (tertiary alicyclic amines) is 1. The second-order valence-corrected chi connectivity index (χ2v) is 5.01. The predicted molar refractivity (Wildman–Crippen MR) is 61.4 cm³/mol. The molecule has 0 aromatic heterocycles. The molecule has 1 heterocycles. The Morgan fingerprint density at radius 2 is 1.94 bits per heavy atom. The number of halogens is 2. The van der Waals surface area contributed by atoms with Crippen molar-refractivity contribution >= 4 is 0 Å². The molecule has 1 aromatic rings. The van der Waals surface area contributed by atoms with Crippen molar-refractivity contribution in [3.05, 3.63) is 35.4 Å². The normalized spacial score (nSPS) is 29.8. The van der Waals surface area contributed by atoms with Crippen molar-refractivity contribution in [3.8, 4) is 0 Å². The highest BCUT2D eigenvalue weighted by Crippen LogP contribution is 2.41. The number of nitrogens with zero attached hydrogens (tertiary/aromatic N) is 1. The summed E-state index contributed by atoms with van der Waals surface area (Å²) in [5, 5.41) is 0. The first-order valence-corrected chi connectivity index (χ1v) is 6.13. The number of rotatable bonds is 2. The largest absolute Gasteiger partial charge is 0.326 e. The summed E-state index contributed by atoms with van der Waals surface area (Å²) in [6, 6.07) is 4.65. The third-order valence-electron chi connectivity index (χ3n) is 3.80. The van der Waals surface area contributed by atoms with Gasteiger partial charge in [-0.1, -0.05) is 12.1 Å². The summed E-state index contributed by atoms with van der Waals surface area (Å²) in [6.07, 6.45) is 3.16. The van der Waals surface area contributed by atoms with E-state index in [0.29, 0.717) is 11.6 Å². The van der Waals surface area contributed by atoms with Crippen molar-refractivity contribution in [2.45, 2.75) is 37.4 Å². The summed E-state index contributed by atoms with van der Waals surface area (Å²) >= 11 is 0. The zero-order valence-corrected chi connectivity index (χ0v) is 9.57. The van der Waals surface area contributed by atoms with Crippen LogP contribution in [-0.4, -0.2) is 23.5 Å². The Labute approximate surface area is 99.4 Å². The van der Waals surface area contributed by atoms with E-state index in [9.17, 15) is 8.78 Å². The van der Waals surface area contributed by atoms with E-state index < -0.39 is 11.6 Å². The Morgan fingerprint density at radius 1 is 1.18 bits per heavy atom. The molecule has 1 aliphatic carbocycles. The molecule has 1 aromatic carbocycles. The molecule has 2 atom stereocenters. The summed E-state index contributed by atoms with van der Waals surface area (Å²) in [4.78, 5) is 2.24. The first kappa shape index (κ1) is 11.1. The zero-order valence-electron chi connectivity index (χ0n) is 9.57. The van der Waals surface area contributed by atoms with E-state index in [1.54, 1.807) is 12.1 Å². The quantitative estimate of drug-likeness (QED) is 0.855. The van der Waals surface area contributed by atoms with E-state index in [4.69, 9.17) is 5.73 Å². The fourth-order valence-electron chi connectivity index (χ4n) is 2.82. The van der Waals surface area contributed by atoms with Crippen molar-refractivity contribution in [1.82, 2.24) is 4.90 Å². The van der Waals surface area contributed by atoms with Crippen LogP contribution in [0.15, 0.2) is 18.2 Å². The minimum atomic E-state index is -0.780. The van der Waals surface area contributed by atoms with Gasteiger partial charge in [-0.2, -0.15) is 0 Å². The fourth-order valence-corrected chi connectivity index (χ4v) is 2.82. The molecule has 0 spiro atoms. The van der Waals surface area contributed by atoms with Gasteiger partial charge in [-0.25, -0.2) is 8.78 Å². The van der Waals surface area contributed by atoms with Crippen LogP contribution < -0.4 is 5.73 Å². The SMILES string of the molecule is NC1CCN(C2CC2)C1c1cccc(F)c1F. The van der Waals surface area contributed by atoms with Crippen molar-refractivity contribution in [1.29, 1.82) is 0 Å². The Kier molecular flexibility index (Phi) is 2.64. The lowest BCUT2D eigenvalue weighted by atomic mass is 10.00. The fraction of sp³-hybridized carbons (Fsp3) is 0.538. The molecule has 92 valence electrons. The Morgan fingerprint density at radius 3 is 2.65 bits per heavy atom. The lowest BCUT2D eigenvalue weighted by molar-refractivity contribution is 0.231. The topological polar surface area (TPSA) is 29.3 Å². The first-order valence-electron chi connectivity index (χ1n) is 6.13. The summed E-state index contributed by atoms with van der Waals surface area (Å²) in [6.45, 7) is 0.895. The Balaban J connectivity index is 1.97. The maximum Gasteiger partial charge on any atom is 0.163 e. The van der Waals surface area contributed by atoms with Crippen LogP contribution in [0.2, 0.25) is 0 Å². The predicted octanol–water partition coefficient (Wildman–Crippen LogP) is 2.20. The molecule has 4 heteroatoms. The van der Waals surface area contributed by atoms with Gasteiger partial charge in [0.1, 0.15) is 0 Å². The molecule has 1 saturated carbocycles. The number of hydrogen-bond donors (Lipinski definition) is 1. The van der Waals surface area contributed by atoms with Crippen molar-refractivity contribution < 1.29 is 8.78 Å². The van der Waals surface area contributed by atoms with Gasteiger partial charge in [0.05, 0.1) is 6.04 Å². The lowest BCUT2D eigenvalue weighted by Crippen LogP contribution is -2.33. The molecule has 0 bridgehead atoms. The molecular weight excluding hydrogens is 222 g/mol. The highest BCUT2D eigenvalue weighted by molar-refractivity contribution is 5.26. The van der Waals surface area contributed by atoms with Crippen LogP contribution >= 0.6 is 0 Å². The van der Waals surface area contributed by atoms with Gasteiger partial charge in [0.25, 0.3) is 0 Å². The standard InChI is InChI=1S/C13H16F2N2/c14-10-3-1-2-9(12(10)15)13-11(16)6-7-17(13)8-4-5-8/h1-3,8,11,13H,4-7,16H2. The minimum Gasteiger partial charge on any atom is -0.326 e. The maximum atomic E-state index is 13.8. The second kappa shape index (κ2) is 4.03. The third-order valence-corrected chi connectivity index (χ3v) is 3.80. The molecule has 0 radical (unpaired) electrons. The average molecular weight is 238 g/mol. The molecular formula is C13H16F2N2. The molecule has 2 aliphatic rings. The van der Waals surface area contributed by atoms with Gasteiger partial charge in [0.2, 0.25) is 0 Å². The number of benzene rings is 1. The molecule has 3 rings (SSSR count). The monoisotopic (exact) mass is 238 g/mol. The summed E-state index contributed by atoms with van der Waals surface area (Å²) in [7, 11) is 0. The van der Waals surface area contributed by atoms with Crippen LogP contribution in [0.1, 0.15) is 30.9 Å². The first-order chi connectivity index (χ1) is 8.18. The van der Waals surface area contributed by atoms with Crippen LogP contribution in [0.3, 0.4) is 0 Å². The molecule has 17 heavy (non-hydrogen) atoms. The molecule has 0 amide bonds. The molecule has 2 nitrogen and oxygen atoms in total. The van der Waals surface area contributed by atoms with E-state index in [0.717, 1.165) is 31.9 Å². The van der Waals surface area contributed by atoms with Crippen molar-refractivity contribution in [3.63, 3.8) is 0 Å². The summed E-state index contributed by atoms with van der Waals surface area (Å²) < 4.78 is 27.1. The van der Waals surface area contributed by atoms with Crippen LogP contribution in [0.5, 0.6) is 0 Å². The van der Waals surface area contributed by atoms with E-state index in [1.807, 2.05) is 0 Å². The maximum absolute atomic E-state index is 13.8.